The first kappa shape index (κ1) is 15.5. The van der Waals surface area contributed by atoms with Crippen LogP contribution in [0.1, 0.15) is 24.4 Å². The van der Waals surface area contributed by atoms with Gasteiger partial charge in [-0.1, -0.05) is 18.2 Å². The standard InChI is InChI=1S/C12H20N2O2S2/c1-17-12-8-4-3-6-10(12)11(14-13)7-5-9-18(2,15)16/h3-4,6,8,11,14H,5,7,9,13H2,1-2H3. The average Bonchev–Trinajstić information content (AvgIpc) is 2.33. The van der Waals surface area contributed by atoms with Gasteiger partial charge in [-0.25, -0.2) is 8.42 Å². The third-order valence-corrected chi connectivity index (χ3v) is 4.57. The maximum atomic E-state index is 11.1. The number of nitrogens with one attached hydrogen (secondary N) is 1. The van der Waals surface area contributed by atoms with Crippen LogP contribution in [0.3, 0.4) is 0 Å². The summed E-state index contributed by atoms with van der Waals surface area (Å²) in [6.07, 6.45) is 4.59. The van der Waals surface area contributed by atoms with Crippen molar-refractivity contribution in [2.75, 3.05) is 18.3 Å². The van der Waals surface area contributed by atoms with Crippen LogP contribution >= 0.6 is 11.8 Å². The van der Waals surface area contributed by atoms with Gasteiger partial charge in [0.25, 0.3) is 0 Å². The predicted octanol–water partition coefficient (Wildman–Crippen LogP) is 1.74. The van der Waals surface area contributed by atoms with E-state index in [1.807, 2.05) is 30.5 Å². The molecule has 1 atom stereocenters. The lowest BCUT2D eigenvalue weighted by atomic mass is 10.0. The zero-order chi connectivity index (χ0) is 13.6. The highest BCUT2D eigenvalue weighted by atomic mass is 32.2. The van der Waals surface area contributed by atoms with Gasteiger partial charge in [-0.3, -0.25) is 11.3 Å². The Balaban J connectivity index is 2.71. The quantitative estimate of drug-likeness (QED) is 0.454. The zero-order valence-electron chi connectivity index (χ0n) is 10.7. The molecule has 4 nitrogen and oxygen atoms in total. The molecule has 0 radical (unpaired) electrons. The summed E-state index contributed by atoms with van der Waals surface area (Å²) in [4.78, 5) is 1.17. The monoisotopic (exact) mass is 288 g/mol. The number of hydrogen-bond donors (Lipinski definition) is 2. The molecule has 0 heterocycles. The Kier molecular flexibility index (Phi) is 6.14. The van der Waals surface area contributed by atoms with E-state index < -0.39 is 9.84 Å². The van der Waals surface area contributed by atoms with Crippen LogP contribution in [0.25, 0.3) is 0 Å². The number of hydrazine groups is 1. The van der Waals surface area contributed by atoms with Crippen molar-refractivity contribution in [3.8, 4) is 0 Å². The van der Waals surface area contributed by atoms with Crippen LogP contribution < -0.4 is 11.3 Å². The molecule has 0 saturated heterocycles. The first-order valence-electron chi connectivity index (χ1n) is 5.74. The van der Waals surface area contributed by atoms with Crippen LogP contribution in [0.4, 0.5) is 0 Å². The molecule has 0 aliphatic heterocycles. The second kappa shape index (κ2) is 7.13. The molecule has 18 heavy (non-hydrogen) atoms. The lowest BCUT2D eigenvalue weighted by molar-refractivity contribution is 0.501. The summed E-state index contributed by atoms with van der Waals surface area (Å²) in [6.45, 7) is 0. The van der Waals surface area contributed by atoms with Crippen molar-refractivity contribution in [1.82, 2.24) is 5.43 Å². The first-order valence-corrected chi connectivity index (χ1v) is 9.03. The molecule has 1 unspecified atom stereocenters. The number of nitrogens with two attached hydrogens (primary N) is 1. The molecule has 0 spiro atoms. The third-order valence-electron chi connectivity index (χ3n) is 2.72. The minimum Gasteiger partial charge on any atom is -0.271 e. The van der Waals surface area contributed by atoms with Gasteiger partial charge in [0, 0.05) is 22.9 Å². The lowest BCUT2D eigenvalue weighted by Gasteiger charge is -2.18. The van der Waals surface area contributed by atoms with Crippen molar-refractivity contribution in [3.05, 3.63) is 29.8 Å². The molecule has 0 saturated carbocycles. The molecule has 0 fully saturated rings. The Hall–Kier alpha value is -0.560. The highest BCUT2D eigenvalue weighted by molar-refractivity contribution is 7.98. The molecule has 0 aliphatic carbocycles. The number of sulfone groups is 1. The normalized spacial score (nSPS) is 13.5. The van der Waals surface area contributed by atoms with E-state index in [1.165, 1.54) is 11.2 Å². The number of benzene rings is 1. The Morgan fingerprint density at radius 3 is 2.61 bits per heavy atom. The lowest BCUT2D eigenvalue weighted by Crippen LogP contribution is -2.28. The van der Waals surface area contributed by atoms with Gasteiger partial charge >= 0.3 is 0 Å². The second-order valence-corrected chi connectivity index (χ2v) is 7.34. The molecular weight excluding hydrogens is 268 g/mol. The SMILES string of the molecule is CSc1ccccc1C(CCCS(C)(=O)=O)NN. The Morgan fingerprint density at radius 1 is 1.39 bits per heavy atom. The van der Waals surface area contributed by atoms with E-state index in [1.54, 1.807) is 11.8 Å². The van der Waals surface area contributed by atoms with Gasteiger partial charge in [0.1, 0.15) is 9.84 Å². The molecule has 0 aliphatic rings. The average molecular weight is 288 g/mol. The molecule has 1 rings (SSSR count). The summed E-state index contributed by atoms with van der Waals surface area (Å²) in [5.41, 5.74) is 3.90. The highest BCUT2D eigenvalue weighted by Gasteiger charge is 2.14. The molecule has 6 heteroatoms. The molecular formula is C12H20N2O2S2. The fraction of sp³-hybridized carbons (Fsp3) is 0.500. The van der Waals surface area contributed by atoms with E-state index in [9.17, 15) is 8.42 Å². The number of rotatable bonds is 7. The Morgan fingerprint density at radius 2 is 2.06 bits per heavy atom. The molecule has 1 aromatic carbocycles. The minimum atomic E-state index is -2.90. The predicted molar refractivity (Wildman–Crippen MR) is 77.2 cm³/mol. The van der Waals surface area contributed by atoms with Gasteiger partial charge in [0.15, 0.2) is 0 Å². The van der Waals surface area contributed by atoms with Gasteiger partial charge in [-0.05, 0) is 30.7 Å². The Bertz CT molecular complexity index is 475. The van der Waals surface area contributed by atoms with Gasteiger partial charge in [0.2, 0.25) is 0 Å². The van der Waals surface area contributed by atoms with Gasteiger partial charge in [-0.15, -0.1) is 11.8 Å². The van der Waals surface area contributed by atoms with Crippen LogP contribution in [0, 0.1) is 0 Å². The van der Waals surface area contributed by atoms with Crippen molar-refractivity contribution in [3.63, 3.8) is 0 Å². The van der Waals surface area contributed by atoms with Crippen LogP contribution in [0.2, 0.25) is 0 Å². The number of thioether (sulfide) groups is 1. The van der Waals surface area contributed by atoms with Gasteiger partial charge in [0.05, 0.1) is 0 Å². The summed E-state index contributed by atoms with van der Waals surface area (Å²) in [7, 11) is -2.90. The molecule has 0 bridgehead atoms. The topological polar surface area (TPSA) is 72.2 Å². The van der Waals surface area contributed by atoms with E-state index >= 15 is 0 Å². The van der Waals surface area contributed by atoms with Crippen molar-refractivity contribution in [1.29, 1.82) is 0 Å². The maximum Gasteiger partial charge on any atom is 0.147 e. The van der Waals surface area contributed by atoms with Gasteiger partial charge < -0.3 is 0 Å². The molecule has 1 aromatic rings. The largest absolute Gasteiger partial charge is 0.271 e. The summed E-state index contributed by atoms with van der Waals surface area (Å²) in [5.74, 6) is 5.77. The van der Waals surface area contributed by atoms with Crippen LogP contribution in [0.15, 0.2) is 29.2 Å². The third kappa shape index (κ3) is 4.97. The van der Waals surface area contributed by atoms with Crippen LogP contribution in [0.5, 0.6) is 0 Å². The van der Waals surface area contributed by atoms with Gasteiger partial charge in [-0.2, -0.15) is 0 Å². The number of hydrogen-bond acceptors (Lipinski definition) is 5. The summed E-state index contributed by atoms with van der Waals surface area (Å²) < 4.78 is 22.2. The van der Waals surface area contributed by atoms with E-state index in [4.69, 9.17) is 5.84 Å². The first-order chi connectivity index (χ1) is 8.48. The Labute approximate surface area is 113 Å². The van der Waals surface area contributed by atoms with Crippen molar-refractivity contribution in [2.45, 2.75) is 23.8 Å². The van der Waals surface area contributed by atoms with Crippen LogP contribution in [-0.4, -0.2) is 26.7 Å². The maximum absolute atomic E-state index is 11.1. The van der Waals surface area contributed by atoms with Crippen LogP contribution in [-0.2, 0) is 9.84 Å². The molecule has 0 aromatic heterocycles. The van der Waals surface area contributed by atoms with Crippen molar-refractivity contribution < 1.29 is 8.42 Å². The minimum absolute atomic E-state index is 0.00426. The van der Waals surface area contributed by atoms with Crippen molar-refractivity contribution >= 4 is 21.6 Å². The van der Waals surface area contributed by atoms with E-state index in [2.05, 4.69) is 5.43 Å². The summed E-state index contributed by atoms with van der Waals surface area (Å²) >= 11 is 1.66. The molecule has 3 N–H and O–H groups in total. The van der Waals surface area contributed by atoms with Crippen molar-refractivity contribution in [2.24, 2.45) is 5.84 Å². The second-order valence-electron chi connectivity index (χ2n) is 4.23. The summed E-state index contributed by atoms with van der Waals surface area (Å²) in [6, 6.07) is 8.02. The van der Waals surface area contributed by atoms with E-state index in [-0.39, 0.29) is 11.8 Å². The molecule has 102 valence electrons. The van der Waals surface area contributed by atoms with E-state index in [0.717, 1.165) is 5.56 Å². The highest BCUT2D eigenvalue weighted by Crippen LogP contribution is 2.27. The fourth-order valence-corrected chi connectivity index (χ4v) is 3.18. The smallest absolute Gasteiger partial charge is 0.147 e. The van der Waals surface area contributed by atoms with E-state index in [0.29, 0.717) is 12.8 Å². The fourth-order valence-electron chi connectivity index (χ4n) is 1.83. The zero-order valence-corrected chi connectivity index (χ0v) is 12.4. The molecule has 0 amide bonds. The summed E-state index contributed by atoms with van der Waals surface area (Å²) in [5, 5.41) is 0.